The minimum Gasteiger partial charge on any atom is -0.395 e. The molecular weight excluding hydrogens is 228 g/mol. The number of hydrogen-bond donors (Lipinski definition) is 3. The van der Waals surface area contributed by atoms with Gasteiger partial charge in [0.25, 0.3) is 0 Å². The molecule has 0 saturated carbocycles. The van der Waals surface area contributed by atoms with Crippen molar-refractivity contribution in [1.82, 2.24) is 5.32 Å². The molecule has 3 N–H and O–H groups in total. The summed E-state index contributed by atoms with van der Waals surface area (Å²) >= 11 is 0. The highest BCUT2D eigenvalue weighted by Crippen LogP contribution is 2.08. The minimum absolute atomic E-state index is 0.0736. The molecule has 1 rings (SSSR count). The lowest BCUT2D eigenvalue weighted by Gasteiger charge is -2.06. The van der Waals surface area contributed by atoms with Gasteiger partial charge in [-0.25, -0.2) is 4.79 Å². The van der Waals surface area contributed by atoms with Gasteiger partial charge in [-0.2, -0.15) is 0 Å². The number of amides is 2. The van der Waals surface area contributed by atoms with Crippen LogP contribution in [0, 0.1) is 11.8 Å². The molecule has 18 heavy (non-hydrogen) atoms. The SMILES string of the molecule is CCCNC(=O)Nc1ccc(C#CCCO)cc1. The lowest BCUT2D eigenvalue weighted by molar-refractivity contribution is 0.252. The van der Waals surface area contributed by atoms with Crippen molar-refractivity contribution in [3.63, 3.8) is 0 Å². The number of carbonyl (C=O) groups is 1. The summed E-state index contributed by atoms with van der Waals surface area (Å²) in [6.07, 6.45) is 1.38. The number of aliphatic hydroxyl groups excluding tert-OH is 1. The summed E-state index contributed by atoms with van der Waals surface area (Å²) in [5, 5.41) is 14.1. The van der Waals surface area contributed by atoms with E-state index in [9.17, 15) is 4.79 Å². The predicted octanol–water partition coefficient (Wildman–Crippen LogP) is 1.95. The number of aliphatic hydroxyl groups is 1. The van der Waals surface area contributed by atoms with Gasteiger partial charge < -0.3 is 15.7 Å². The lowest BCUT2D eigenvalue weighted by atomic mass is 10.2. The molecule has 0 radical (unpaired) electrons. The molecule has 0 unspecified atom stereocenters. The Morgan fingerprint density at radius 2 is 2.06 bits per heavy atom. The first-order chi connectivity index (χ1) is 8.76. The first kappa shape index (κ1) is 14.1. The lowest BCUT2D eigenvalue weighted by Crippen LogP contribution is -2.29. The Morgan fingerprint density at radius 3 is 2.67 bits per heavy atom. The average Bonchev–Trinajstić information content (AvgIpc) is 2.39. The molecule has 4 heteroatoms. The largest absolute Gasteiger partial charge is 0.395 e. The maximum atomic E-state index is 11.4. The summed E-state index contributed by atoms with van der Waals surface area (Å²) in [7, 11) is 0. The van der Waals surface area contributed by atoms with E-state index in [2.05, 4.69) is 22.5 Å². The van der Waals surface area contributed by atoms with Crippen LogP contribution in [0.15, 0.2) is 24.3 Å². The van der Waals surface area contributed by atoms with Crippen LogP contribution < -0.4 is 10.6 Å². The van der Waals surface area contributed by atoms with E-state index in [1.807, 2.05) is 19.1 Å². The quantitative estimate of drug-likeness (QED) is 0.711. The Kier molecular flexibility index (Phi) is 6.37. The zero-order valence-electron chi connectivity index (χ0n) is 10.5. The molecule has 0 aliphatic heterocycles. The van der Waals surface area contributed by atoms with Crippen LogP contribution in [-0.4, -0.2) is 24.3 Å². The molecule has 0 saturated heterocycles. The summed E-state index contributed by atoms with van der Waals surface area (Å²) in [5.41, 5.74) is 1.60. The van der Waals surface area contributed by atoms with E-state index in [1.165, 1.54) is 0 Å². The van der Waals surface area contributed by atoms with Gasteiger partial charge in [-0.1, -0.05) is 18.8 Å². The van der Waals surface area contributed by atoms with Crippen LogP contribution in [0.1, 0.15) is 25.3 Å². The molecule has 0 bridgehead atoms. The van der Waals surface area contributed by atoms with Gasteiger partial charge in [0.15, 0.2) is 0 Å². The van der Waals surface area contributed by atoms with E-state index in [1.54, 1.807) is 12.1 Å². The highest BCUT2D eigenvalue weighted by molar-refractivity contribution is 5.89. The summed E-state index contributed by atoms with van der Waals surface area (Å²) < 4.78 is 0. The molecular formula is C14H18N2O2. The molecule has 0 spiro atoms. The maximum Gasteiger partial charge on any atom is 0.319 e. The van der Waals surface area contributed by atoms with E-state index < -0.39 is 0 Å². The molecule has 0 fully saturated rings. The number of carbonyl (C=O) groups excluding carboxylic acids is 1. The molecule has 0 heterocycles. The van der Waals surface area contributed by atoms with Gasteiger partial charge in [-0.05, 0) is 30.7 Å². The Morgan fingerprint density at radius 1 is 1.33 bits per heavy atom. The smallest absolute Gasteiger partial charge is 0.319 e. The Balaban J connectivity index is 2.50. The fourth-order valence-electron chi connectivity index (χ4n) is 1.27. The predicted molar refractivity (Wildman–Crippen MR) is 72.3 cm³/mol. The third kappa shape index (κ3) is 5.37. The first-order valence-electron chi connectivity index (χ1n) is 6.01. The first-order valence-corrected chi connectivity index (χ1v) is 6.01. The van der Waals surface area contributed by atoms with E-state index in [0.717, 1.165) is 17.7 Å². The van der Waals surface area contributed by atoms with Crippen LogP contribution in [-0.2, 0) is 0 Å². The van der Waals surface area contributed by atoms with Crippen LogP contribution in [0.2, 0.25) is 0 Å². The molecule has 0 aliphatic carbocycles. The van der Waals surface area contributed by atoms with Crippen molar-refractivity contribution in [3.05, 3.63) is 29.8 Å². The normalized spacial score (nSPS) is 9.22. The van der Waals surface area contributed by atoms with Gasteiger partial charge in [0.1, 0.15) is 0 Å². The van der Waals surface area contributed by atoms with Crippen LogP contribution in [0.5, 0.6) is 0 Å². The van der Waals surface area contributed by atoms with Crippen molar-refractivity contribution >= 4 is 11.7 Å². The standard InChI is InChI=1S/C14H18N2O2/c1-2-10-15-14(18)16-13-8-6-12(7-9-13)5-3-4-11-17/h6-9,17H,2,4,10-11H2,1H3,(H2,15,16,18). The zero-order chi connectivity index (χ0) is 13.2. The van der Waals surface area contributed by atoms with Crippen LogP contribution in [0.4, 0.5) is 10.5 Å². The fraction of sp³-hybridized carbons (Fsp3) is 0.357. The van der Waals surface area contributed by atoms with Crippen molar-refractivity contribution in [2.75, 3.05) is 18.5 Å². The summed E-state index contributed by atoms with van der Waals surface area (Å²) in [4.78, 5) is 11.4. The van der Waals surface area contributed by atoms with Crippen molar-refractivity contribution in [3.8, 4) is 11.8 Å². The van der Waals surface area contributed by atoms with Gasteiger partial charge in [-0.15, -0.1) is 0 Å². The number of benzene rings is 1. The van der Waals surface area contributed by atoms with E-state index in [0.29, 0.717) is 13.0 Å². The van der Waals surface area contributed by atoms with E-state index in [-0.39, 0.29) is 12.6 Å². The summed E-state index contributed by atoms with van der Waals surface area (Å²) in [6, 6.07) is 7.07. The molecule has 0 aromatic heterocycles. The van der Waals surface area contributed by atoms with Gasteiger partial charge in [0, 0.05) is 24.2 Å². The Labute approximate surface area is 107 Å². The topological polar surface area (TPSA) is 61.4 Å². The zero-order valence-corrected chi connectivity index (χ0v) is 10.5. The van der Waals surface area contributed by atoms with Gasteiger partial charge in [0.2, 0.25) is 0 Å². The minimum atomic E-state index is -0.198. The maximum absolute atomic E-state index is 11.4. The number of nitrogens with one attached hydrogen (secondary N) is 2. The molecule has 1 aromatic rings. The van der Waals surface area contributed by atoms with E-state index in [4.69, 9.17) is 5.11 Å². The second-order valence-corrected chi connectivity index (χ2v) is 3.73. The molecule has 2 amide bonds. The molecule has 0 aliphatic rings. The molecule has 0 atom stereocenters. The Hall–Kier alpha value is -1.99. The molecule has 96 valence electrons. The van der Waals surface area contributed by atoms with E-state index >= 15 is 0 Å². The van der Waals surface area contributed by atoms with Crippen LogP contribution in [0.25, 0.3) is 0 Å². The second kappa shape index (κ2) is 8.15. The summed E-state index contributed by atoms with van der Waals surface area (Å²) in [5.74, 6) is 5.76. The van der Waals surface area contributed by atoms with Gasteiger partial charge in [-0.3, -0.25) is 0 Å². The number of rotatable bonds is 4. The number of hydrogen-bond acceptors (Lipinski definition) is 2. The van der Waals surface area contributed by atoms with Crippen molar-refractivity contribution in [1.29, 1.82) is 0 Å². The van der Waals surface area contributed by atoms with Crippen LogP contribution >= 0.6 is 0 Å². The molecule has 4 nitrogen and oxygen atoms in total. The molecule has 1 aromatic carbocycles. The number of anilines is 1. The van der Waals surface area contributed by atoms with Crippen molar-refractivity contribution in [2.45, 2.75) is 19.8 Å². The fourth-order valence-corrected chi connectivity index (χ4v) is 1.27. The van der Waals surface area contributed by atoms with Gasteiger partial charge >= 0.3 is 6.03 Å². The van der Waals surface area contributed by atoms with Crippen LogP contribution in [0.3, 0.4) is 0 Å². The van der Waals surface area contributed by atoms with Crippen molar-refractivity contribution < 1.29 is 9.90 Å². The highest BCUT2D eigenvalue weighted by atomic mass is 16.2. The Bertz CT molecular complexity index is 429. The van der Waals surface area contributed by atoms with Gasteiger partial charge in [0.05, 0.1) is 6.61 Å². The summed E-state index contributed by atoms with van der Waals surface area (Å²) in [6.45, 7) is 2.74. The second-order valence-electron chi connectivity index (χ2n) is 3.73. The highest BCUT2D eigenvalue weighted by Gasteiger charge is 1.99. The average molecular weight is 246 g/mol. The third-order valence-electron chi connectivity index (χ3n) is 2.15. The number of urea groups is 1. The third-order valence-corrected chi connectivity index (χ3v) is 2.15. The van der Waals surface area contributed by atoms with Crippen molar-refractivity contribution in [2.24, 2.45) is 0 Å². The monoisotopic (exact) mass is 246 g/mol.